The lowest BCUT2D eigenvalue weighted by atomic mass is 9.82. The molecular weight excluding hydrogens is 326 g/mol. The van der Waals surface area contributed by atoms with Crippen molar-refractivity contribution in [1.82, 2.24) is 5.32 Å². The molecule has 0 radical (unpaired) electrons. The molecule has 0 heterocycles. The molecule has 21 heavy (non-hydrogen) atoms. The SMILES string of the molecule is CC(C)(C)NCC1(CCOc2cccc(Br)c2)CCCC1. The van der Waals surface area contributed by atoms with Gasteiger partial charge in [-0.3, -0.25) is 0 Å². The first-order chi connectivity index (χ1) is 9.89. The smallest absolute Gasteiger partial charge is 0.120 e. The molecule has 1 saturated carbocycles. The molecule has 0 saturated heterocycles. The largest absolute Gasteiger partial charge is 0.494 e. The van der Waals surface area contributed by atoms with E-state index in [1.54, 1.807) is 0 Å². The molecule has 2 nitrogen and oxygen atoms in total. The Balaban J connectivity index is 1.85. The Morgan fingerprint density at radius 3 is 2.57 bits per heavy atom. The van der Waals surface area contributed by atoms with Crippen LogP contribution in [0.2, 0.25) is 0 Å². The average molecular weight is 354 g/mol. The van der Waals surface area contributed by atoms with Crippen molar-refractivity contribution in [3.63, 3.8) is 0 Å². The molecule has 1 aromatic carbocycles. The Morgan fingerprint density at radius 1 is 1.24 bits per heavy atom. The van der Waals surface area contributed by atoms with E-state index in [9.17, 15) is 0 Å². The molecule has 0 amide bonds. The summed E-state index contributed by atoms with van der Waals surface area (Å²) in [7, 11) is 0. The highest BCUT2D eigenvalue weighted by molar-refractivity contribution is 9.10. The van der Waals surface area contributed by atoms with Gasteiger partial charge in [-0.15, -0.1) is 0 Å². The topological polar surface area (TPSA) is 21.3 Å². The third-order valence-electron chi connectivity index (χ3n) is 4.36. The normalized spacial score (nSPS) is 17.9. The van der Waals surface area contributed by atoms with E-state index < -0.39 is 0 Å². The molecule has 0 aromatic heterocycles. The lowest BCUT2D eigenvalue weighted by molar-refractivity contribution is 0.179. The van der Waals surface area contributed by atoms with E-state index in [2.05, 4.69) is 42.0 Å². The van der Waals surface area contributed by atoms with Crippen molar-refractivity contribution < 1.29 is 4.74 Å². The molecular formula is C18H28BrNO. The maximum absolute atomic E-state index is 5.95. The number of rotatable bonds is 6. The Hall–Kier alpha value is -0.540. The molecule has 0 unspecified atom stereocenters. The van der Waals surface area contributed by atoms with Crippen LogP contribution in [0, 0.1) is 5.41 Å². The minimum absolute atomic E-state index is 0.195. The van der Waals surface area contributed by atoms with E-state index in [-0.39, 0.29) is 5.54 Å². The van der Waals surface area contributed by atoms with Gasteiger partial charge in [0.25, 0.3) is 0 Å². The summed E-state index contributed by atoms with van der Waals surface area (Å²) in [5.74, 6) is 0.960. The van der Waals surface area contributed by atoms with Crippen LogP contribution in [0.4, 0.5) is 0 Å². The van der Waals surface area contributed by atoms with Crippen molar-refractivity contribution in [2.45, 2.75) is 58.4 Å². The van der Waals surface area contributed by atoms with Crippen molar-refractivity contribution in [1.29, 1.82) is 0 Å². The Bertz CT molecular complexity index is 447. The third kappa shape index (κ3) is 5.63. The zero-order valence-electron chi connectivity index (χ0n) is 13.5. The second-order valence-electron chi connectivity index (χ2n) is 7.37. The van der Waals surface area contributed by atoms with Gasteiger partial charge in [0.1, 0.15) is 5.75 Å². The van der Waals surface area contributed by atoms with Crippen molar-refractivity contribution >= 4 is 15.9 Å². The number of hydrogen-bond acceptors (Lipinski definition) is 2. The molecule has 0 spiro atoms. The summed E-state index contributed by atoms with van der Waals surface area (Å²) in [6.07, 6.45) is 6.53. The van der Waals surface area contributed by atoms with Gasteiger partial charge in [-0.2, -0.15) is 0 Å². The molecule has 1 aliphatic rings. The molecule has 0 aliphatic heterocycles. The van der Waals surface area contributed by atoms with Crippen molar-refractivity contribution in [2.24, 2.45) is 5.41 Å². The molecule has 0 bridgehead atoms. The molecule has 2 rings (SSSR count). The van der Waals surface area contributed by atoms with Crippen LogP contribution in [0.15, 0.2) is 28.7 Å². The number of halogens is 1. The van der Waals surface area contributed by atoms with Crippen LogP contribution in [0.3, 0.4) is 0 Å². The van der Waals surface area contributed by atoms with Crippen LogP contribution in [0.5, 0.6) is 5.75 Å². The summed E-state index contributed by atoms with van der Waals surface area (Å²) in [5, 5.41) is 3.70. The standard InChI is InChI=1S/C18H28BrNO/c1-17(2,3)20-14-18(9-4-5-10-18)11-12-21-16-8-6-7-15(19)13-16/h6-8,13,20H,4-5,9-12,14H2,1-3H3. The summed E-state index contributed by atoms with van der Waals surface area (Å²) >= 11 is 3.49. The van der Waals surface area contributed by atoms with Gasteiger partial charge in [0.15, 0.2) is 0 Å². The number of hydrogen-bond donors (Lipinski definition) is 1. The molecule has 0 atom stereocenters. The summed E-state index contributed by atoms with van der Waals surface area (Å²) in [6.45, 7) is 8.65. The van der Waals surface area contributed by atoms with Crippen LogP contribution in [0.1, 0.15) is 52.9 Å². The molecule has 118 valence electrons. The molecule has 1 aliphatic carbocycles. The van der Waals surface area contributed by atoms with Crippen molar-refractivity contribution in [2.75, 3.05) is 13.2 Å². The fraction of sp³-hybridized carbons (Fsp3) is 0.667. The predicted octanol–water partition coefficient (Wildman–Crippen LogP) is 5.17. The van der Waals surface area contributed by atoms with Gasteiger partial charge in [-0.1, -0.05) is 34.8 Å². The predicted molar refractivity (Wildman–Crippen MR) is 92.9 cm³/mol. The van der Waals surface area contributed by atoms with Gasteiger partial charge in [0.2, 0.25) is 0 Å². The van der Waals surface area contributed by atoms with Gasteiger partial charge in [0, 0.05) is 16.6 Å². The Kier molecular flexibility index (Phi) is 5.73. The maximum Gasteiger partial charge on any atom is 0.120 e. The van der Waals surface area contributed by atoms with Crippen LogP contribution in [0.25, 0.3) is 0 Å². The number of benzene rings is 1. The van der Waals surface area contributed by atoms with E-state index in [0.29, 0.717) is 5.41 Å². The minimum atomic E-state index is 0.195. The van der Waals surface area contributed by atoms with Gasteiger partial charge in [-0.05, 0) is 63.6 Å². The van der Waals surface area contributed by atoms with Gasteiger partial charge in [-0.25, -0.2) is 0 Å². The van der Waals surface area contributed by atoms with Gasteiger partial charge < -0.3 is 10.1 Å². The quantitative estimate of drug-likeness (QED) is 0.761. The highest BCUT2D eigenvalue weighted by atomic mass is 79.9. The molecule has 1 aromatic rings. The number of ether oxygens (including phenoxy) is 1. The first-order valence-corrected chi connectivity index (χ1v) is 8.81. The first kappa shape index (κ1) is 16.8. The maximum atomic E-state index is 5.95. The average Bonchev–Trinajstić information content (AvgIpc) is 2.85. The summed E-state index contributed by atoms with van der Waals surface area (Å²) in [5.41, 5.74) is 0.625. The van der Waals surface area contributed by atoms with Crippen LogP contribution >= 0.6 is 15.9 Å². The minimum Gasteiger partial charge on any atom is -0.494 e. The van der Waals surface area contributed by atoms with Crippen LogP contribution in [-0.2, 0) is 0 Å². The number of nitrogens with one attached hydrogen (secondary N) is 1. The highest BCUT2D eigenvalue weighted by Crippen LogP contribution is 2.41. The second-order valence-corrected chi connectivity index (χ2v) is 8.28. The van der Waals surface area contributed by atoms with E-state index in [0.717, 1.165) is 29.8 Å². The van der Waals surface area contributed by atoms with Crippen LogP contribution < -0.4 is 10.1 Å². The zero-order valence-corrected chi connectivity index (χ0v) is 15.1. The fourth-order valence-electron chi connectivity index (χ4n) is 3.04. The lowest BCUT2D eigenvalue weighted by Gasteiger charge is -2.33. The van der Waals surface area contributed by atoms with E-state index in [1.807, 2.05) is 24.3 Å². The highest BCUT2D eigenvalue weighted by Gasteiger charge is 2.34. The van der Waals surface area contributed by atoms with Crippen molar-refractivity contribution in [3.8, 4) is 5.75 Å². The molecule has 1 N–H and O–H groups in total. The van der Waals surface area contributed by atoms with Crippen molar-refractivity contribution in [3.05, 3.63) is 28.7 Å². The summed E-state index contributed by atoms with van der Waals surface area (Å²) in [4.78, 5) is 0. The first-order valence-electron chi connectivity index (χ1n) is 8.02. The van der Waals surface area contributed by atoms with Crippen LogP contribution in [-0.4, -0.2) is 18.7 Å². The Labute approximate surface area is 137 Å². The third-order valence-corrected chi connectivity index (χ3v) is 4.85. The van der Waals surface area contributed by atoms with E-state index >= 15 is 0 Å². The molecule has 3 heteroatoms. The molecule has 1 fully saturated rings. The second kappa shape index (κ2) is 7.15. The Morgan fingerprint density at radius 2 is 1.95 bits per heavy atom. The van der Waals surface area contributed by atoms with Gasteiger partial charge >= 0.3 is 0 Å². The van der Waals surface area contributed by atoms with Gasteiger partial charge in [0.05, 0.1) is 6.61 Å². The van der Waals surface area contributed by atoms with E-state index in [1.165, 1.54) is 25.7 Å². The summed E-state index contributed by atoms with van der Waals surface area (Å²) < 4.78 is 7.02. The zero-order chi connectivity index (χ0) is 15.3. The fourth-order valence-corrected chi connectivity index (χ4v) is 3.41. The lowest BCUT2D eigenvalue weighted by Crippen LogP contribution is -2.43. The summed E-state index contributed by atoms with van der Waals surface area (Å²) in [6, 6.07) is 8.11. The van der Waals surface area contributed by atoms with E-state index in [4.69, 9.17) is 4.74 Å². The monoisotopic (exact) mass is 353 g/mol.